The van der Waals surface area contributed by atoms with Crippen LogP contribution in [0.3, 0.4) is 0 Å². The minimum absolute atomic E-state index is 0.150. The molecule has 0 bridgehead atoms. The van der Waals surface area contributed by atoms with Gasteiger partial charge in [0.25, 0.3) is 0 Å². The summed E-state index contributed by atoms with van der Waals surface area (Å²) in [7, 11) is 0. The van der Waals surface area contributed by atoms with E-state index in [9.17, 15) is 9.59 Å². The van der Waals surface area contributed by atoms with Crippen LogP contribution < -0.4 is 0 Å². The third-order valence-electron chi connectivity index (χ3n) is 2.16. The fraction of sp³-hybridized carbons (Fsp3) is 0.800. The molecule has 4 nitrogen and oxygen atoms in total. The molecule has 0 radical (unpaired) electrons. The van der Waals surface area contributed by atoms with E-state index in [0.717, 1.165) is 19.3 Å². The van der Waals surface area contributed by atoms with E-state index < -0.39 is 5.97 Å². The van der Waals surface area contributed by atoms with Crippen LogP contribution >= 0.6 is 0 Å². The fourth-order valence-corrected chi connectivity index (χ4v) is 1.46. The van der Waals surface area contributed by atoms with Gasteiger partial charge in [0.15, 0.2) is 5.78 Å². The van der Waals surface area contributed by atoms with Gasteiger partial charge in [-0.1, -0.05) is 0 Å². The first-order valence-corrected chi connectivity index (χ1v) is 5.04. The maximum atomic E-state index is 11.5. The SMILES string of the molecule is CCOC(=O)CC(=O)C1CCCCO1. The molecular weight excluding hydrogens is 184 g/mol. The van der Waals surface area contributed by atoms with Gasteiger partial charge < -0.3 is 9.47 Å². The molecule has 0 N–H and O–H groups in total. The van der Waals surface area contributed by atoms with Crippen LogP contribution in [0.25, 0.3) is 0 Å². The highest BCUT2D eigenvalue weighted by molar-refractivity contribution is 5.98. The highest BCUT2D eigenvalue weighted by Gasteiger charge is 2.24. The molecule has 0 aromatic rings. The topological polar surface area (TPSA) is 52.6 Å². The maximum Gasteiger partial charge on any atom is 0.313 e. The van der Waals surface area contributed by atoms with E-state index >= 15 is 0 Å². The normalized spacial score (nSPS) is 21.6. The quantitative estimate of drug-likeness (QED) is 0.503. The first-order valence-electron chi connectivity index (χ1n) is 5.04. The van der Waals surface area contributed by atoms with E-state index in [1.54, 1.807) is 6.92 Å². The van der Waals surface area contributed by atoms with Crippen molar-refractivity contribution in [2.75, 3.05) is 13.2 Å². The summed E-state index contributed by atoms with van der Waals surface area (Å²) in [6.45, 7) is 2.66. The third kappa shape index (κ3) is 3.46. The lowest BCUT2D eigenvalue weighted by atomic mass is 10.0. The van der Waals surface area contributed by atoms with Crippen LogP contribution in [0.1, 0.15) is 32.6 Å². The van der Waals surface area contributed by atoms with Gasteiger partial charge in [0, 0.05) is 6.61 Å². The summed E-state index contributed by atoms with van der Waals surface area (Å²) in [4.78, 5) is 22.5. The van der Waals surface area contributed by atoms with E-state index in [2.05, 4.69) is 4.74 Å². The number of ketones is 1. The highest BCUT2D eigenvalue weighted by Crippen LogP contribution is 2.14. The smallest absolute Gasteiger partial charge is 0.313 e. The molecule has 0 amide bonds. The predicted octanol–water partition coefficient (Wildman–Crippen LogP) is 1.08. The Labute approximate surface area is 83.6 Å². The van der Waals surface area contributed by atoms with E-state index in [4.69, 9.17) is 4.74 Å². The van der Waals surface area contributed by atoms with E-state index in [-0.39, 0.29) is 18.3 Å². The molecule has 1 heterocycles. The van der Waals surface area contributed by atoms with Gasteiger partial charge in [-0.3, -0.25) is 9.59 Å². The van der Waals surface area contributed by atoms with Gasteiger partial charge in [-0.15, -0.1) is 0 Å². The summed E-state index contributed by atoms with van der Waals surface area (Å²) < 4.78 is 9.95. The van der Waals surface area contributed by atoms with Crippen LogP contribution in [-0.4, -0.2) is 31.1 Å². The number of rotatable bonds is 4. The number of Topliss-reactive ketones (excluding diaryl/α,β-unsaturated/α-hetero) is 1. The summed E-state index contributed by atoms with van der Waals surface area (Å²) in [5.41, 5.74) is 0. The molecular formula is C10H16O4. The second-order valence-electron chi connectivity index (χ2n) is 3.30. The van der Waals surface area contributed by atoms with E-state index in [1.165, 1.54) is 0 Å². The molecule has 0 spiro atoms. The van der Waals surface area contributed by atoms with Crippen molar-refractivity contribution in [1.29, 1.82) is 0 Å². The van der Waals surface area contributed by atoms with Crippen LogP contribution in [0.15, 0.2) is 0 Å². The predicted molar refractivity (Wildman–Crippen MR) is 49.8 cm³/mol. The number of hydrogen-bond acceptors (Lipinski definition) is 4. The zero-order valence-electron chi connectivity index (χ0n) is 8.45. The summed E-state index contributed by atoms with van der Waals surface area (Å²) in [5.74, 6) is -0.602. The van der Waals surface area contributed by atoms with Crippen molar-refractivity contribution in [2.24, 2.45) is 0 Å². The molecule has 14 heavy (non-hydrogen) atoms. The number of carbonyl (C=O) groups is 2. The number of ether oxygens (including phenoxy) is 2. The summed E-state index contributed by atoms with van der Waals surface area (Å²) in [5, 5.41) is 0. The lowest BCUT2D eigenvalue weighted by Gasteiger charge is -2.20. The van der Waals surface area contributed by atoms with Gasteiger partial charge in [0.1, 0.15) is 12.5 Å². The molecule has 4 heteroatoms. The van der Waals surface area contributed by atoms with Crippen molar-refractivity contribution in [3.05, 3.63) is 0 Å². The van der Waals surface area contributed by atoms with Crippen LogP contribution in [0.2, 0.25) is 0 Å². The second-order valence-corrected chi connectivity index (χ2v) is 3.30. The number of hydrogen-bond donors (Lipinski definition) is 0. The van der Waals surface area contributed by atoms with Crippen LogP contribution in [0, 0.1) is 0 Å². The summed E-state index contributed by atoms with van der Waals surface area (Å²) >= 11 is 0. The van der Waals surface area contributed by atoms with Crippen molar-refractivity contribution in [1.82, 2.24) is 0 Å². The van der Waals surface area contributed by atoms with Gasteiger partial charge >= 0.3 is 5.97 Å². The molecule has 0 aromatic heterocycles. The first kappa shape index (κ1) is 11.2. The lowest BCUT2D eigenvalue weighted by Crippen LogP contribution is -2.30. The molecule has 0 saturated carbocycles. The van der Waals surface area contributed by atoms with Crippen molar-refractivity contribution < 1.29 is 19.1 Å². The molecule has 1 unspecified atom stereocenters. The minimum Gasteiger partial charge on any atom is -0.466 e. The number of esters is 1. The Balaban J connectivity index is 2.29. The van der Waals surface area contributed by atoms with Crippen molar-refractivity contribution in [3.63, 3.8) is 0 Å². The third-order valence-corrected chi connectivity index (χ3v) is 2.16. The Hall–Kier alpha value is -0.900. The zero-order valence-corrected chi connectivity index (χ0v) is 8.45. The average molecular weight is 200 g/mol. The highest BCUT2D eigenvalue weighted by atomic mass is 16.5. The summed E-state index contributed by atoms with van der Waals surface area (Å²) in [6.07, 6.45) is 2.20. The Morgan fingerprint density at radius 1 is 1.43 bits per heavy atom. The molecule has 80 valence electrons. The first-order chi connectivity index (χ1) is 6.74. The van der Waals surface area contributed by atoms with Gasteiger partial charge in [-0.25, -0.2) is 0 Å². The number of carbonyl (C=O) groups excluding carboxylic acids is 2. The monoisotopic (exact) mass is 200 g/mol. The zero-order chi connectivity index (χ0) is 10.4. The van der Waals surface area contributed by atoms with Crippen molar-refractivity contribution in [3.8, 4) is 0 Å². The lowest BCUT2D eigenvalue weighted by molar-refractivity contribution is -0.149. The standard InChI is InChI=1S/C10H16O4/c1-2-13-10(12)7-8(11)9-5-3-4-6-14-9/h9H,2-7H2,1H3. The molecule has 0 aliphatic carbocycles. The fourth-order valence-electron chi connectivity index (χ4n) is 1.46. The second kappa shape index (κ2) is 5.75. The molecule has 1 aliphatic heterocycles. The van der Waals surface area contributed by atoms with Gasteiger partial charge in [-0.05, 0) is 26.2 Å². The van der Waals surface area contributed by atoms with E-state index in [1.807, 2.05) is 0 Å². The van der Waals surface area contributed by atoms with Gasteiger partial charge in [-0.2, -0.15) is 0 Å². The molecule has 1 rings (SSSR count). The molecule has 1 atom stereocenters. The van der Waals surface area contributed by atoms with Gasteiger partial charge in [0.2, 0.25) is 0 Å². The van der Waals surface area contributed by atoms with E-state index in [0.29, 0.717) is 13.2 Å². The maximum absolute atomic E-state index is 11.5. The van der Waals surface area contributed by atoms with Crippen molar-refractivity contribution in [2.45, 2.75) is 38.7 Å². The largest absolute Gasteiger partial charge is 0.466 e. The minimum atomic E-state index is -0.452. The Morgan fingerprint density at radius 3 is 2.79 bits per heavy atom. The average Bonchev–Trinajstić information content (AvgIpc) is 2.19. The molecule has 1 saturated heterocycles. The van der Waals surface area contributed by atoms with Crippen LogP contribution in [-0.2, 0) is 19.1 Å². The van der Waals surface area contributed by atoms with Crippen LogP contribution in [0.5, 0.6) is 0 Å². The van der Waals surface area contributed by atoms with Gasteiger partial charge in [0.05, 0.1) is 6.61 Å². The Morgan fingerprint density at radius 2 is 2.21 bits per heavy atom. The molecule has 0 aromatic carbocycles. The Bertz CT molecular complexity index is 206. The molecule has 1 aliphatic rings. The van der Waals surface area contributed by atoms with Crippen molar-refractivity contribution >= 4 is 11.8 Å². The van der Waals surface area contributed by atoms with Crippen LogP contribution in [0.4, 0.5) is 0 Å². The molecule has 1 fully saturated rings. The Kier molecular flexibility index (Phi) is 4.59. The summed E-state index contributed by atoms with van der Waals surface area (Å²) in [6, 6.07) is 0.